The molecule has 3 heteroatoms. The Morgan fingerprint density at radius 3 is 2.35 bits per heavy atom. The number of nitrogens with one attached hydrogen (secondary N) is 1. The number of rotatable bonds is 3. The van der Waals surface area contributed by atoms with Crippen LogP contribution in [0.15, 0.2) is 48.5 Å². The molecule has 3 rings (SSSR count). The molecule has 0 radical (unpaired) electrons. The van der Waals surface area contributed by atoms with Gasteiger partial charge in [-0.25, -0.2) is 4.98 Å². The van der Waals surface area contributed by atoms with Gasteiger partial charge in [-0.2, -0.15) is 0 Å². The molecular formula is C17H19N3. The lowest BCUT2D eigenvalue weighted by atomic mass is 10.0. The predicted octanol–water partition coefficient (Wildman–Crippen LogP) is 4.45. The standard InChI is InChI=1S/C17H19N3/c1-12(2)13-8-10-14(11-9-13)20(3)17-18-15-6-4-5-7-16(15)19-17/h4-12H,1-3H3,(H,18,19). The molecule has 0 aliphatic rings. The summed E-state index contributed by atoms with van der Waals surface area (Å²) in [7, 11) is 2.03. The van der Waals surface area contributed by atoms with E-state index in [1.807, 2.05) is 31.3 Å². The van der Waals surface area contributed by atoms with E-state index in [-0.39, 0.29) is 0 Å². The van der Waals surface area contributed by atoms with Crippen molar-refractivity contribution >= 4 is 22.7 Å². The largest absolute Gasteiger partial charge is 0.324 e. The van der Waals surface area contributed by atoms with Crippen LogP contribution in [0.1, 0.15) is 25.3 Å². The maximum absolute atomic E-state index is 4.62. The number of nitrogens with zero attached hydrogens (tertiary/aromatic N) is 2. The molecule has 0 aliphatic carbocycles. The van der Waals surface area contributed by atoms with Crippen LogP contribution in [-0.2, 0) is 0 Å². The number of aromatic amines is 1. The first-order valence-corrected chi connectivity index (χ1v) is 6.93. The number of aromatic nitrogens is 2. The molecule has 20 heavy (non-hydrogen) atoms. The lowest BCUT2D eigenvalue weighted by Gasteiger charge is -2.17. The van der Waals surface area contributed by atoms with Crippen LogP contribution in [0, 0.1) is 0 Å². The van der Waals surface area contributed by atoms with Crippen LogP contribution in [-0.4, -0.2) is 17.0 Å². The van der Waals surface area contributed by atoms with E-state index in [9.17, 15) is 0 Å². The number of hydrogen-bond acceptors (Lipinski definition) is 2. The quantitative estimate of drug-likeness (QED) is 0.758. The van der Waals surface area contributed by atoms with Crippen molar-refractivity contribution in [3.63, 3.8) is 0 Å². The van der Waals surface area contributed by atoms with Gasteiger partial charge in [-0.1, -0.05) is 38.1 Å². The SMILES string of the molecule is CC(C)c1ccc(N(C)c2nc3ccccc3[nH]2)cc1. The van der Waals surface area contributed by atoms with Crippen molar-refractivity contribution in [3.05, 3.63) is 54.1 Å². The molecule has 0 amide bonds. The maximum atomic E-state index is 4.62. The van der Waals surface area contributed by atoms with Crippen LogP contribution < -0.4 is 4.90 Å². The molecule has 0 spiro atoms. The van der Waals surface area contributed by atoms with Gasteiger partial charge in [0.25, 0.3) is 0 Å². The van der Waals surface area contributed by atoms with Gasteiger partial charge in [0.05, 0.1) is 11.0 Å². The molecular weight excluding hydrogens is 246 g/mol. The topological polar surface area (TPSA) is 31.9 Å². The summed E-state index contributed by atoms with van der Waals surface area (Å²) in [5, 5.41) is 0. The lowest BCUT2D eigenvalue weighted by Crippen LogP contribution is -2.11. The molecule has 0 saturated heterocycles. The van der Waals surface area contributed by atoms with Crippen molar-refractivity contribution in [2.75, 3.05) is 11.9 Å². The molecule has 3 nitrogen and oxygen atoms in total. The summed E-state index contributed by atoms with van der Waals surface area (Å²) in [5.41, 5.74) is 4.54. The van der Waals surface area contributed by atoms with Crippen LogP contribution in [0.2, 0.25) is 0 Å². The number of anilines is 2. The van der Waals surface area contributed by atoms with Gasteiger partial charge >= 0.3 is 0 Å². The van der Waals surface area contributed by atoms with Crippen molar-refractivity contribution in [3.8, 4) is 0 Å². The first kappa shape index (κ1) is 12.7. The third-order valence-electron chi connectivity index (χ3n) is 3.64. The Morgan fingerprint density at radius 2 is 1.70 bits per heavy atom. The van der Waals surface area contributed by atoms with Gasteiger partial charge in [0, 0.05) is 12.7 Å². The van der Waals surface area contributed by atoms with Gasteiger partial charge in [-0.05, 0) is 35.7 Å². The Balaban J connectivity index is 1.93. The molecule has 0 atom stereocenters. The fourth-order valence-electron chi connectivity index (χ4n) is 2.30. The van der Waals surface area contributed by atoms with Crippen LogP contribution in [0.4, 0.5) is 11.6 Å². The number of H-pyrrole nitrogens is 1. The number of fused-ring (bicyclic) bond motifs is 1. The molecule has 1 heterocycles. The zero-order chi connectivity index (χ0) is 14.1. The second-order valence-corrected chi connectivity index (χ2v) is 5.38. The monoisotopic (exact) mass is 265 g/mol. The van der Waals surface area contributed by atoms with Crippen LogP contribution in [0.25, 0.3) is 11.0 Å². The van der Waals surface area contributed by atoms with Crippen LogP contribution >= 0.6 is 0 Å². The normalized spacial score (nSPS) is 11.2. The van der Waals surface area contributed by atoms with Gasteiger partial charge in [0.2, 0.25) is 5.95 Å². The van der Waals surface area contributed by atoms with E-state index in [4.69, 9.17) is 0 Å². The number of hydrogen-bond donors (Lipinski definition) is 1. The summed E-state index contributed by atoms with van der Waals surface area (Å²) in [4.78, 5) is 10.0. The first-order valence-electron chi connectivity index (χ1n) is 6.93. The second-order valence-electron chi connectivity index (χ2n) is 5.38. The van der Waals surface area contributed by atoms with Gasteiger partial charge in [-0.15, -0.1) is 0 Å². The second kappa shape index (κ2) is 5.00. The van der Waals surface area contributed by atoms with Gasteiger partial charge < -0.3 is 9.88 Å². The Hall–Kier alpha value is -2.29. The molecule has 102 valence electrons. The molecule has 1 N–H and O–H groups in total. The van der Waals surface area contributed by atoms with E-state index in [1.165, 1.54) is 5.56 Å². The van der Waals surface area contributed by atoms with Gasteiger partial charge in [0.15, 0.2) is 0 Å². The Bertz CT molecular complexity index is 677. The zero-order valence-corrected chi connectivity index (χ0v) is 12.1. The first-order chi connectivity index (χ1) is 9.65. The number of benzene rings is 2. The Kier molecular flexibility index (Phi) is 3.18. The van der Waals surface area contributed by atoms with Crippen molar-refractivity contribution in [2.24, 2.45) is 0 Å². The summed E-state index contributed by atoms with van der Waals surface area (Å²) in [6.45, 7) is 4.41. The number of para-hydroxylation sites is 2. The average Bonchev–Trinajstić information content (AvgIpc) is 2.90. The highest BCUT2D eigenvalue weighted by Gasteiger charge is 2.09. The molecule has 1 aromatic heterocycles. The maximum Gasteiger partial charge on any atom is 0.208 e. The lowest BCUT2D eigenvalue weighted by molar-refractivity contribution is 0.866. The fourth-order valence-corrected chi connectivity index (χ4v) is 2.30. The van der Waals surface area contributed by atoms with E-state index < -0.39 is 0 Å². The predicted molar refractivity (Wildman–Crippen MR) is 84.7 cm³/mol. The minimum absolute atomic E-state index is 0.556. The van der Waals surface area contributed by atoms with Crippen molar-refractivity contribution in [1.82, 2.24) is 9.97 Å². The van der Waals surface area contributed by atoms with Crippen molar-refractivity contribution in [2.45, 2.75) is 19.8 Å². The van der Waals surface area contributed by atoms with Crippen molar-refractivity contribution < 1.29 is 0 Å². The molecule has 3 aromatic rings. The number of imidazole rings is 1. The molecule has 0 fully saturated rings. The Morgan fingerprint density at radius 1 is 1.00 bits per heavy atom. The summed E-state index contributed by atoms with van der Waals surface area (Å²) in [6, 6.07) is 16.7. The molecule has 2 aromatic carbocycles. The van der Waals surface area contributed by atoms with E-state index >= 15 is 0 Å². The summed E-state index contributed by atoms with van der Waals surface area (Å²) >= 11 is 0. The fraction of sp³-hybridized carbons (Fsp3) is 0.235. The Labute approximate surface area is 119 Å². The van der Waals surface area contributed by atoms with E-state index in [0.29, 0.717) is 5.92 Å². The minimum atomic E-state index is 0.556. The zero-order valence-electron chi connectivity index (χ0n) is 12.1. The van der Waals surface area contributed by atoms with E-state index in [2.05, 4.69) is 53.0 Å². The van der Waals surface area contributed by atoms with Crippen LogP contribution in [0.5, 0.6) is 0 Å². The molecule has 0 unspecified atom stereocenters. The summed E-state index contributed by atoms with van der Waals surface area (Å²) in [5.74, 6) is 1.42. The summed E-state index contributed by atoms with van der Waals surface area (Å²) in [6.07, 6.45) is 0. The third-order valence-corrected chi connectivity index (χ3v) is 3.64. The third kappa shape index (κ3) is 2.27. The highest BCUT2D eigenvalue weighted by Crippen LogP contribution is 2.25. The van der Waals surface area contributed by atoms with E-state index in [1.54, 1.807) is 0 Å². The molecule has 0 bridgehead atoms. The van der Waals surface area contributed by atoms with Gasteiger partial charge in [-0.3, -0.25) is 0 Å². The minimum Gasteiger partial charge on any atom is -0.324 e. The van der Waals surface area contributed by atoms with E-state index in [0.717, 1.165) is 22.7 Å². The highest BCUT2D eigenvalue weighted by atomic mass is 15.2. The highest BCUT2D eigenvalue weighted by molar-refractivity contribution is 5.78. The average molecular weight is 265 g/mol. The summed E-state index contributed by atoms with van der Waals surface area (Å²) < 4.78 is 0. The van der Waals surface area contributed by atoms with Crippen molar-refractivity contribution in [1.29, 1.82) is 0 Å². The molecule has 0 aliphatic heterocycles. The molecule has 0 saturated carbocycles. The van der Waals surface area contributed by atoms with Gasteiger partial charge in [0.1, 0.15) is 0 Å². The van der Waals surface area contributed by atoms with Crippen LogP contribution in [0.3, 0.4) is 0 Å². The smallest absolute Gasteiger partial charge is 0.208 e.